The van der Waals surface area contributed by atoms with Crippen molar-refractivity contribution in [1.82, 2.24) is 0 Å². The van der Waals surface area contributed by atoms with E-state index in [1.54, 1.807) is 12.1 Å². The number of carbonyl (C=O) groups excluding carboxylic acids is 1. The molecule has 5 rings (SSSR count). The van der Waals surface area contributed by atoms with Gasteiger partial charge in [0.15, 0.2) is 0 Å². The fourth-order valence-corrected chi connectivity index (χ4v) is 4.32. The number of carbonyl (C=O) groups is 2. The summed E-state index contributed by atoms with van der Waals surface area (Å²) in [5.74, 6) is -0.600. The second-order valence-electron chi connectivity index (χ2n) is 7.12. The first-order chi connectivity index (χ1) is 12.0. The van der Waals surface area contributed by atoms with Gasteiger partial charge in [0.05, 0.1) is 11.6 Å². The summed E-state index contributed by atoms with van der Waals surface area (Å²) in [4.78, 5) is 26.0. The molecule has 25 heavy (non-hydrogen) atoms. The van der Waals surface area contributed by atoms with Crippen molar-refractivity contribution in [3.63, 3.8) is 0 Å². The first-order valence-corrected chi connectivity index (χ1v) is 8.75. The van der Waals surface area contributed by atoms with Gasteiger partial charge in [0.1, 0.15) is 5.78 Å². The van der Waals surface area contributed by atoms with Crippen molar-refractivity contribution in [2.45, 2.75) is 38.3 Å². The molecule has 1 N–H and O–H groups in total. The van der Waals surface area contributed by atoms with Gasteiger partial charge in [-0.25, -0.2) is 4.79 Å². The summed E-state index contributed by atoms with van der Waals surface area (Å²) in [6.45, 7) is 2.07. The predicted octanol–water partition coefficient (Wildman–Crippen LogP) is 3.99. The van der Waals surface area contributed by atoms with Crippen LogP contribution in [0.3, 0.4) is 0 Å². The van der Waals surface area contributed by atoms with E-state index in [1.807, 2.05) is 12.1 Å². The number of rotatable bonds is 3. The van der Waals surface area contributed by atoms with E-state index < -0.39 is 5.97 Å². The minimum absolute atomic E-state index is 0.00875. The maximum atomic E-state index is 12.5. The van der Waals surface area contributed by atoms with Crippen LogP contribution < -0.4 is 4.90 Å². The van der Waals surface area contributed by atoms with Crippen molar-refractivity contribution < 1.29 is 14.7 Å². The summed E-state index contributed by atoms with van der Waals surface area (Å²) >= 11 is 0. The Hall–Kier alpha value is -2.62. The maximum absolute atomic E-state index is 12.5. The molecule has 2 aliphatic heterocycles. The molecule has 2 bridgehead atoms. The number of aromatic carboxylic acids is 1. The SMILES string of the molecule is Cc1ccc(N2C3CCC(C(=O)C3)C2c2ccc(C(=O)O)cc2)cc1. The van der Waals surface area contributed by atoms with E-state index in [1.165, 1.54) is 5.56 Å². The molecule has 4 nitrogen and oxygen atoms in total. The Morgan fingerprint density at radius 3 is 2.32 bits per heavy atom. The first-order valence-electron chi connectivity index (χ1n) is 8.75. The van der Waals surface area contributed by atoms with Crippen molar-refractivity contribution in [2.24, 2.45) is 5.92 Å². The van der Waals surface area contributed by atoms with Crippen LogP contribution in [0.15, 0.2) is 48.5 Å². The quantitative estimate of drug-likeness (QED) is 0.921. The van der Waals surface area contributed by atoms with Crippen LogP contribution in [0, 0.1) is 12.8 Å². The Balaban J connectivity index is 1.76. The normalized spacial score (nSPS) is 25.2. The molecule has 2 saturated heterocycles. The van der Waals surface area contributed by atoms with Gasteiger partial charge in [0.25, 0.3) is 0 Å². The third kappa shape index (κ3) is 2.72. The largest absolute Gasteiger partial charge is 0.478 e. The molecule has 0 spiro atoms. The highest BCUT2D eigenvalue weighted by molar-refractivity contribution is 5.88. The lowest BCUT2D eigenvalue weighted by Gasteiger charge is -2.52. The van der Waals surface area contributed by atoms with Crippen molar-refractivity contribution >= 4 is 17.4 Å². The average Bonchev–Trinajstić information content (AvgIpc) is 2.62. The van der Waals surface area contributed by atoms with E-state index in [9.17, 15) is 9.59 Å². The number of fused-ring (bicyclic) bond motifs is 3. The van der Waals surface area contributed by atoms with Crippen LogP contribution in [0.5, 0.6) is 0 Å². The molecule has 3 fully saturated rings. The van der Waals surface area contributed by atoms with E-state index in [0.29, 0.717) is 12.2 Å². The molecule has 1 saturated carbocycles. The Kier molecular flexibility index (Phi) is 3.83. The van der Waals surface area contributed by atoms with E-state index in [4.69, 9.17) is 5.11 Å². The number of anilines is 1. The zero-order valence-electron chi connectivity index (χ0n) is 14.2. The van der Waals surface area contributed by atoms with E-state index >= 15 is 0 Å². The van der Waals surface area contributed by atoms with Gasteiger partial charge in [0.2, 0.25) is 0 Å². The summed E-state index contributed by atoms with van der Waals surface area (Å²) in [7, 11) is 0. The number of benzene rings is 2. The van der Waals surface area contributed by atoms with Gasteiger partial charge >= 0.3 is 5.97 Å². The van der Waals surface area contributed by atoms with Gasteiger partial charge in [-0.3, -0.25) is 4.79 Å². The van der Waals surface area contributed by atoms with Crippen molar-refractivity contribution in [2.75, 3.05) is 4.90 Å². The number of hydrogen-bond acceptors (Lipinski definition) is 3. The summed E-state index contributed by atoms with van der Waals surface area (Å²) in [6.07, 6.45) is 2.56. The van der Waals surface area contributed by atoms with E-state index in [2.05, 4.69) is 36.1 Å². The average molecular weight is 335 g/mol. The van der Waals surface area contributed by atoms with Crippen LogP contribution in [0.1, 0.15) is 46.8 Å². The maximum Gasteiger partial charge on any atom is 0.335 e. The molecule has 128 valence electrons. The lowest BCUT2D eigenvalue weighted by molar-refractivity contribution is -0.128. The van der Waals surface area contributed by atoms with Gasteiger partial charge in [0, 0.05) is 24.1 Å². The summed E-state index contributed by atoms with van der Waals surface area (Å²) < 4.78 is 0. The number of hydrogen-bond donors (Lipinski definition) is 1. The molecule has 0 aromatic heterocycles. The minimum atomic E-state index is -0.928. The summed E-state index contributed by atoms with van der Waals surface area (Å²) in [6, 6.07) is 15.7. The number of Topliss-reactive ketones (excluding diaryl/α,β-unsaturated/α-hetero) is 1. The molecule has 1 aliphatic carbocycles. The van der Waals surface area contributed by atoms with Crippen LogP contribution in [0.4, 0.5) is 5.69 Å². The molecular formula is C21H21NO3. The monoisotopic (exact) mass is 335 g/mol. The number of aryl methyl sites for hydroxylation is 1. The zero-order chi connectivity index (χ0) is 17.6. The van der Waals surface area contributed by atoms with Gasteiger partial charge in [-0.1, -0.05) is 29.8 Å². The lowest BCUT2D eigenvalue weighted by Crippen LogP contribution is -2.54. The molecule has 3 unspecified atom stereocenters. The first kappa shape index (κ1) is 15.9. The topological polar surface area (TPSA) is 57.6 Å². The molecule has 2 aromatic carbocycles. The van der Waals surface area contributed by atoms with Crippen molar-refractivity contribution in [3.05, 3.63) is 65.2 Å². The van der Waals surface area contributed by atoms with Gasteiger partial charge in [-0.15, -0.1) is 0 Å². The smallest absolute Gasteiger partial charge is 0.335 e. The van der Waals surface area contributed by atoms with Crippen LogP contribution in [-0.4, -0.2) is 22.9 Å². The van der Waals surface area contributed by atoms with Gasteiger partial charge < -0.3 is 10.0 Å². The number of nitrogens with zero attached hydrogens (tertiary/aromatic N) is 1. The molecule has 0 amide bonds. The third-order valence-electron chi connectivity index (χ3n) is 5.57. The molecule has 2 aromatic rings. The van der Waals surface area contributed by atoms with Crippen molar-refractivity contribution in [1.29, 1.82) is 0 Å². The standard InChI is InChI=1S/C21H21NO3/c1-13-2-8-16(9-3-13)22-17-10-11-18(19(23)12-17)20(22)14-4-6-15(7-5-14)21(24)25/h2-9,17-18,20H,10-12H2,1H3,(H,24,25). The highest BCUT2D eigenvalue weighted by atomic mass is 16.4. The van der Waals surface area contributed by atoms with E-state index in [0.717, 1.165) is 24.1 Å². The highest BCUT2D eigenvalue weighted by Crippen LogP contribution is 2.47. The molecule has 3 atom stereocenters. The second-order valence-corrected chi connectivity index (χ2v) is 7.12. The minimum Gasteiger partial charge on any atom is -0.478 e. The molecule has 2 heterocycles. The Morgan fingerprint density at radius 1 is 1.04 bits per heavy atom. The fourth-order valence-electron chi connectivity index (χ4n) is 4.32. The molecule has 3 aliphatic rings. The Bertz CT molecular complexity index is 810. The van der Waals surface area contributed by atoms with Crippen molar-refractivity contribution in [3.8, 4) is 0 Å². The second kappa shape index (κ2) is 6.03. The number of ketones is 1. The zero-order valence-corrected chi connectivity index (χ0v) is 14.2. The number of piperidine rings is 2. The predicted molar refractivity (Wildman–Crippen MR) is 95.9 cm³/mol. The van der Waals surface area contributed by atoms with Crippen LogP contribution in [0.25, 0.3) is 0 Å². The lowest BCUT2D eigenvalue weighted by atomic mass is 9.71. The number of carboxylic acid groups (broad SMARTS) is 1. The molecular weight excluding hydrogens is 314 g/mol. The molecule has 4 heteroatoms. The summed E-state index contributed by atoms with van der Waals surface area (Å²) in [5.41, 5.74) is 3.65. The van der Waals surface area contributed by atoms with Crippen LogP contribution >= 0.6 is 0 Å². The van der Waals surface area contributed by atoms with Crippen LogP contribution in [-0.2, 0) is 4.79 Å². The Morgan fingerprint density at radius 2 is 1.72 bits per heavy atom. The summed E-state index contributed by atoms with van der Waals surface area (Å²) in [5, 5.41) is 9.12. The van der Waals surface area contributed by atoms with Crippen LogP contribution in [0.2, 0.25) is 0 Å². The van der Waals surface area contributed by atoms with Gasteiger partial charge in [-0.05, 0) is 49.6 Å². The third-order valence-corrected chi connectivity index (χ3v) is 5.57. The highest BCUT2D eigenvalue weighted by Gasteiger charge is 2.47. The Labute approximate surface area is 147 Å². The van der Waals surface area contributed by atoms with Gasteiger partial charge in [-0.2, -0.15) is 0 Å². The number of carboxylic acids is 1. The molecule has 0 radical (unpaired) electrons. The fraction of sp³-hybridized carbons (Fsp3) is 0.333. The van der Waals surface area contributed by atoms with E-state index in [-0.39, 0.29) is 23.6 Å².